The quantitative estimate of drug-likeness (QED) is 0.584. The number of rotatable bonds is 8. The lowest BCUT2D eigenvalue weighted by Crippen LogP contribution is -2.08. The first kappa shape index (κ1) is 15.3. The average Bonchev–Trinajstić information content (AvgIpc) is 2.36. The number of ether oxygens (including phenoxy) is 1. The number of alkyl halides is 2. The molecular weight excluding hydrogens is 258 g/mol. The van der Waals surface area contributed by atoms with Gasteiger partial charge in [-0.05, 0) is 12.5 Å². The Hall–Kier alpha value is -1.76. The van der Waals surface area contributed by atoms with Gasteiger partial charge >= 0.3 is 0 Å². The molecule has 0 saturated heterocycles. The number of hydrogen-bond donors (Lipinski definition) is 1. The third kappa shape index (κ3) is 5.17. The van der Waals surface area contributed by atoms with Crippen molar-refractivity contribution in [2.45, 2.75) is 26.4 Å². The molecule has 19 heavy (non-hydrogen) atoms. The van der Waals surface area contributed by atoms with Gasteiger partial charge in [0.05, 0.1) is 11.5 Å². The Kier molecular flexibility index (Phi) is 6.14. The summed E-state index contributed by atoms with van der Waals surface area (Å²) in [6.45, 7) is 1.90. The summed E-state index contributed by atoms with van der Waals surface area (Å²) < 4.78 is 28.8. The van der Waals surface area contributed by atoms with E-state index >= 15 is 0 Å². The van der Waals surface area contributed by atoms with E-state index in [-0.39, 0.29) is 12.3 Å². The molecule has 0 saturated carbocycles. The fourth-order valence-corrected chi connectivity index (χ4v) is 1.50. The van der Waals surface area contributed by atoms with Crippen molar-refractivity contribution < 1.29 is 18.4 Å². The third-order valence-electron chi connectivity index (χ3n) is 2.37. The number of nitro benzene ring substituents is 1. The smallest absolute Gasteiger partial charge is 0.269 e. The van der Waals surface area contributed by atoms with E-state index < -0.39 is 18.0 Å². The van der Waals surface area contributed by atoms with Crippen LogP contribution in [0.1, 0.15) is 18.9 Å². The fourth-order valence-electron chi connectivity index (χ4n) is 1.50. The van der Waals surface area contributed by atoms with Crippen molar-refractivity contribution in [1.29, 1.82) is 0 Å². The third-order valence-corrected chi connectivity index (χ3v) is 2.37. The van der Waals surface area contributed by atoms with E-state index in [1.807, 2.05) is 6.92 Å². The topological polar surface area (TPSA) is 64.4 Å². The van der Waals surface area contributed by atoms with Crippen LogP contribution in [0.3, 0.4) is 0 Å². The molecule has 1 rings (SSSR count). The van der Waals surface area contributed by atoms with E-state index in [4.69, 9.17) is 4.74 Å². The van der Waals surface area contributed by atoms with Crippen LogP contribution < -0.4 is 5.32 Å². The lowest BCUT2D eigenvalue weighted by atomic mass is 10.1. The van der Waals surface area contributed by atoms with Crippen molar-refractivity contribution in [3.8, 4) is 0 Å². The summed E-state index contributed by atoms with van der Waals surface area (Å²) in [4.78, 5) is 10.2. The summed E-state index contributed by atoms with van der Waals surface area (Å²) in [5.74, 6) is 0. The van der Waals surface area contributed by atoms with E-state index in [9.17, 15) is 18.9 Å². The first-order valence-corrected chi connectivity index (χ1v) is 5.91. The SMILES string of the molecule is CCCNc1ccc([N+](=O)[O-])cc1COCC(F)F. The second-order valence-corrected chi connectivity index (χ2v) is 3.93. The molecule has 0 aliphatic rings. The molecule has 0 fully saturated rings. The van der Waals surface area contributed by atoms with Gasteiger partial charge in [-0.15, -0.1) is 0 Å². The molecule has 7 heteroatoms. The van der Waals surface area contributed by atoms with Crippen molar-refractivity contribution in [1.82, 2.24) is 0 Å². The maximum atomic E-state index is 12.0. The molecule has 106 valence electrons. The first-order valence-electron chi connectivity index (χ1n) is 5.91. The molecule has 1 aromatic rings. The molecule has 1 aromatic carbocycles. The van der Waals surface area contributed by atoms with Crippen LogP contribution in [0.4, 0.5) is 20.2 Å². The molecule has 0 unspecified atom stereocenters. The van der Waals surface area contributed by atoms with Crippen LogP contribution in [-0.4, -0.2) is 24.5 Å². The Balaban J connectivity index is 2.81. The number of nitrogens with zero attached hydrogens (tertiary/aromatic N) is 1. The Morgan fingerprint density at radius 3 is 2.79 bits per heavy atom. The zero-order valence-electron chi connectivity index (χ0n) is 10.6. The highest BCUT2D eigenvalue weighted by Crippen LogP contribution is 2.23. The molecule has 1 N–H and O–H groups in total. The van der Waals surface area contributed by atoms with Gasteiger partial charge in [-0.25, -0.2) is 8.78 Å². The van der Waals surface area contributed by atoms with Gasteiger partial charge in [-0.1, -0.05) is 6.92 Å². The van der Waals surface area contributed by atoms with Crippen LogP contribution in [0.2, 0.25) is 0 Å². The highest BCUT2D eigenvalue weighted by atomic mass is 19.3. The predicted molar refractivity (Wildman–Crippen MR) is 67.5 cm³/mol. The van der Waals surface area contributed by atoms with Crippen LogP contribution >= 0.6 is 0 Å². The van der Waals surface area contributed by atoms with Gasteiger partial charge in [-0.3, -0.25) is 10.1 Å². The van der Waals surface area contributed by atoms with Gasteiger partial charge in [0.15, 0.2) is 0 Å². The van der Waals surface area contributed by atoms with E-state index in [2.05, 4.69) is 5.32 Å². The summed E-state index contributed by atoms with van der Waals surface area (Å²) in [5, 5.41) is 13.8. The number of non-ortho nitro benzene ring substituents is 1. The summed E-state index contributed by atoms with van der Waals surface area (Å²) in [5.41, 5.74) is 1.09. The summed E-state index contributed by atoms with van der Waals surface area (Å²) in [7, 11) is 0. The molecule has 0 heterocycles. The van der Waals surface area contributed by atoms with Crippen molar-refractivity contribution in [3.05, 3.63) is 33.9 Å². The minimum Gasteiger partial charge on any atom is -0.385 e. The second kappa shape index (κ2) is 7.63. The molecule has 0 aliphatic heterocycles. The number of nitrogens with one attached hydrogen (secondary N) is 1. The van der Waals surface area contributed by atoms with Gasteiger partial charge in [0, 0.05) is 29.9 Å². The molecule has 0 aromatic heterocycles. The maximum absolute atomic E-state index is 12.0. The summed E-state index contributed by atoms with van der Waals surface area (Å²) in [6.07, 6.45) is -1.67. The molecule has 0 spiro atoms. The minimum absolute atomic E-state index is 0.0853. The average molecular weight is 274 g/mol. The molecular formula is C12H16F2N2O3. The molecule has 0 atom stereocenters. The van der Waals surface area contributed by atoms with Crippen molar-refractivity contribution in [2.24, 2.45) is 0 Å². The monoisotopic (exact) mass is 274 g/mol. The van der Waals surface area contributed by atoms with Crippen molar-refractivity contribution >= 4 is 11.4 Å². The molecule has 0 radical (unpaired) electrons. The normalized spacial score (nSPS) is 10.7. The van der Waals surface area contributed by atoms with Gasteiger partial charge in [-0.2, -0.15) is 0 Å². The van der Waals surface area contributed by atoms with Gasteiger partial charge in [0.1, 0.15) is 6.61 Å². The van der Waals surface area contributed by atoms with Crippen LogP contribution in [0.5, 0.6) is 0 Å². The highest BCUT2D eigenvalue weighted by molar-refractivity contribution is 5.55. The number of benzene rings is 1. The lowest BCUT2D eigenvalue weighted by molar-refractivity contribution is -0.384. The minimum atomic E-state index is -2.55. The van der Waals surface area contributed by atoms with Crippen LogP contribution in [-0.2, 0) is 11.3 Å². The Morgan fingerprint density at radius 1 is 1.47 bits per heavy atom. The van der Waals surface area contributed by atoms with Crippen LogP contribution in [0.15, 0.2) is 18.2 Å². The van der Waals surface area contributed by atoms with Gasteiger partial charge in [0.2, 0.25) is 0 Å². The second-order valence-electron chi connectivity index (χ2n) is 3.93. The maximum Gasteiger partial charge on any atom is 0.269 e. The van der Waals surface area contributed by atoms with E-state index in [1.165, 1.54) is 12.1 Å². The molecule has 0 amide bonds. The summed E-state index contributed by atoms with van der Waals surface area (Å²) >= 11 is 0. The number of anilines is 1. The van der Waals surface area contributed by atoms with E-state index in [0.717, 1.165) is 6.42 Å². The standard InChI is InChI=1S/C12H16F2N2O3/c1-2-5-15-11-4-3-10(16(17)18)6-9(11)7-19-8-12(13)14/h3-4,6,12,15H,2,5,7-8H2,1H3. The summed E-state index contributed by atoms with van der Waals surface area (Å²) in [6, 6.07) is 4.27. The van der Waals surface area contributed by atoms with Gasteiger partial charge < -0.3 is 10.1 Å². The fraction of sp³-hybridized carbons (Fsp3) is 0.500. The highest BCUT2D eigenvalue weighted by Gasteiger charge is 2.11. The largest absolute Gasteiger partial charge is 0.385 e. The van der Waals surface area contributed by atoms with E-state index in [0.29, 0.717) is 17.8 Å². The predicted octanol–water partition coefficient (Wildman–Crippen LogP) is 3.20. The Labute approximate surface area is 109 Å². The number of halogens is 2. The van der Waals surface area contributed by atoms with Crippen molar-refractivity contribution in [2.75, 3.05) is 18.5 Å². The Bertz CT molecular complexity index is 427. The van der Waals surface area contributed by atoms with Crippen LogP contribution in [0.25, 0.3) is 0 Å². The molecule has 5 nitrogen and oxygen atoms in total. The zero-order valence-corrected chi connectivity index (χ0v) is 10.6. The van der Waals surface area contributed by atoms with Crippen molar-refractivity contribution in [3.63, 3.8) is 0 Å². The zero-order chi connectivity index (χ0) is 14.3. The number of nitro groups is 1. The number of hydrogen-bond acceptors (Lipinski definition) is 4. The van der Waals surface area contributed by atoms with Gasteiger partial charge in [0.25, 0.3) is 12.1 Å². The van der Waals surface area contributed by atoms with E-state index in [1.54, 1.807) is 6.07 Å². The molecule has 0 aliphatic carbocycles. The Morgan fingerprint density at radius 2 is 2.21 bits per heavy atom. The first-order chi connectivity index (χ1) is 9.04. The van der Waals surface area contributed by atoms with Crippen LogP contribution in [0, 0.1) is 10.1 Å². The molecule has 0 bridgehead atoms. The lowest BCUT2D eigenvalue weighted by Gasteiger charge is -2.11.